The maximum Gasteiger partial charge on any atom is 0.417 e. The van der Waals surface area contributed by atoms with Gasteiger partial charge in [-0.3, -0.25) is 9.78 Å². The molecule has 2 N–H and O–H groups in total. The van der Waals surface area contributed by atoms with Gasteiger partial charge in [-0.05, 0) is 24.3 Å². The lowest BCUT2D eigenvalue weighted by Gasteiger charge is -2.12. The second-order valence-corrected chi connectivity index (χ2v) is 3.84. The lowest BCUT2D eigenvalue weighted by atomic mass is 10.0. The summed E-state index contributed by atoms with van der Waals surface area (Å²) < 4.78 is 38.2. The van der Waals surface area contributed by atoms with Gasteiger partial charge < -0.3 is 5.73 Å². The van der Waals surface area contributed by atoms with Gasteiger partial charge in [0.05, 0.1) is 16.8 Å². The van der Waals surface area contributed by atoms with Gasteiger partial charge in [0.25, 0.3) is 0 Å². The second kappa shape index (κ2) is 4.72. The Balaban J connectivity index is 2.58. The van der Waals surface area contributed by atoms with Gasteiger partial charge in [-0.1, -0.05) is 12.1 Å². The van der Waals surface area contributed by atoms with Gasteiger partial charge in [0, 0.05) is 11.8 Å². The molecule has 0 radical (unpaired) electrons. The van der Waals surface area contributed by atoms with Gasteiger partial charge in [0.1, 0.15) is 0 Å². The quantitative estimate of drug-likeness (QED) is 0.908. The fourth-order valence-corrected chi connectivity index (χ4v) is 1.69. The van der Waals surface area contributed by atoms with Crippen molar-refractivity contribution in [3.05, 3.63) is 53.7 Å². The molecule has 0 aliphatic heterocycles. The third-order valence-electron chi connectivity index (χ3n) is 2.55. The molecule has 6 heteroatoms. The lowest BCUT2D eigenvalue weighted by molar-refractivity contribution is -0.137. The van der Waals surface area contributed by atoms with E-state index in [4.69, 9.17) is 5.73 Å². The van der Waals surface area contributed by atoms with Gasteiger partial charge in [0.15, 0.2) is 0 Å². The van der Waals surface area contributed by atoms with Gasteiger partial charge in [0.2, 0.25) is 5.91 Å². The molecule has 0 saturated heterocycles. The van der Waals surface area contributed by atoms with Crippen LogP contribution in [0.15, 0.2) is 42.6 Å². The summed E-state index contributed by atoms with van der Waals surface area (Å²) in [5, 5.41) is 0. The van der Waals surface area contributed by atoms with Crippen LogP contribution in [-0.2, 0) is 6.18 Å². The number of hydrogen-bond acceptors (Lipinski definition) is 2. The molecule has 2 aromatic rings. The van der Waals surface area contributed by atoms with Crippen molar-refractivity contribution in [2.45, 2.75) is 6.18 Å². The average molecular weight is 266 g/mol. The first-order valence-corrected chi connectivity index (χ1v) is 5.32. The summed E-state index contributed by atoms with van der Waals surface area (Å²) >= 11 is 0. The van der Waals surface area contributed by atoms with Crippen LogP contribution in [0.5, 0.6) is 0 Å². The van der Waals surface area contributed by atoms with E-state index in [0.717, 1.165) is 12.1 Å². The fraction of sp³-hybridized carbons (Fsp3) is 0.0769. The molecule has 2 rings (SSSR count). The third-order valence-corrected chi connectivity index (χ3v) is 2.55. The summed E-state index contributed by atoms with van der Waals surface area (Å²) in [5.74, 6) is -1.12. The number of carbonyl (C=O) groups is 1. The van der Waals surface area contributed by atoms with Gasteiger partial charge in [-0.15, -0.1) is 0 Å². The fourth-order valence-electron chi connectivity index (χ4n) is 1.69. The molecule has 1 amide bonds. The van der Waals surface area contributed by atoms with E-state index < -0.39 is 23.2 Å². The van der Waals surface area contributed by atoms with E-state index in [1.807, 2.05) is 0 Å². The maximum absolute atomic E-state index is 12.7. The molecule has 0 fully saturated rings. The van der Waals surface area contributed by atoms with Crippen LogP contribution >= 0.6 is 0 Å². The summed E-state index contributed by atoms with van der Waals surface area (Å²) in [6.07, 6.45) is -3.11. The van der Waals surface area contributed by atoms with Crippen molar-refractivity contribution in [1.29, 1.82) is 0 Å². The van der Waals surface area contributed by atoms with E-state index >= 15 is 0 Å². The minimum atomic E-state index is -4.62. The van der Waals surface area contributed by atoms with Crippen LogP contribution in [0, 0.1) is 0 Å². The standard InChI is InChI=1S/C13H9F3N2O/c14-13(15,16)10-5-4-8(7-9(10)12(17)19)11-3-1-2-6-18-11/h1-7H,(H2,17,19). The molecule has 19 heavy (non-hydrogen) atoms. The molecule has 0 atom stereocenters. The summed E-state index contributed by atoms with van der Waals surface area (Å²) in [6.45, 7) is 0. The van der Waals surface area contributed by atoms with Crippen molar-refractivity contribution in [3.63, 3.8) is 0 Å². The molecule has 1 heterocycles. The van der Waals surface area contributed by atoms with Crippen LogP contribution < -0.4 is 5.73 Å². The largest absolute Gasteiger partial charge is 0.417 e. The first-order valence-electron chi connectivity index (χ1n) is 5.32. The SMILES string of the molecule is NC(=O)c1cc(-c2ccccn2)ccc1C(F)(F)F. The smallest absolute Gasteiger partial charge is 0.366 e. The predicted octanol–water partition coefficient (Wildman–Crippen LogP) is 2.87. The molecule has 1 aromatic heterocycles. The highest BCUT2D eigenvalue weighted by Gasteiger charge is 2.34. The zero-order valence-electron chi connectivity index (χ0n) is 9.61. The van der Waals surface area contributed by atoms with Gasteiger partial charge in [-0.2, -0.15) is 13.2 Å². The molecule has 0 aliphatic carbocycles. The summed E-state index contributed by atoms with van der Waals surface area (Å²) in [6, 6.07) is 8.22. The van der Waals surface area contributed by atoms with Crippen molar-refractivity contribution in [2.24, 2.45) is 5.73 Å². The van der Waals surface area contributed by atoms with Crippen LogP contribution in [-0.4, -0.2) is 10.9 Å². The maximum atomic E-state index is 12.7. The zero-order chi connectivity index (χ0) is 14.0. The molecule has 0 spiro atoms. The monoisotopic (exact) mass is 266 g/mol. The van der Waals surface area contributed by atoms with E-state index in [-0.39, 0.29) is 0 Å². The van der Waals surface area contributed by atoms with Crippen molar-refractivity contribution in [1.82, 2.24) is 4.98 Å². The Morgan fingerprint density at radius 2 is 1.89 bits per heavy atom. The number of benzene rings is 1. The number of hydrogen-bond donors (Lipinski definition) is 1. The number of amides is 1. The summed E-state index contributed by atoms with van der Waals surface area (Å²) in [7, 11) is 0. The summed E-state index contributed by atoms with van der Waals surface area (Å²) in [5.41, 5.74) is 4.27. The normalized spacial score (nSPS) is 11.3. The predicted molar refractivity (Wildman–Crippen MR) is 63.2 cm³/mol. The topological polar surface area (TPSA) is 56.0 Å². The van der Waals surface area contributed by atoms with E-state index in [9.17, 15) is 18.0 Å². The first kappa shape index (κ1) is 13.1. The molecule has 0 unspecified atom stereocenters. The molecule has 0 saturated carbocycles. The molecular formula is C13H9F3N2O. The van der Waals surface area contributed by atoms with Crippen molar-refractivity contribution >= 4 is 5.91 Å². The van der Waals surface area contributed by atoms with E-state index in [1.54, 1.807) is 18.2 Å². The number of alkyl halides is 3. The van der Waals surface area contributed by atoms with E-state index in [0.29, 0.717) is 11.3 Å². The number of nitrogens with two attached hydrogens (primary N) is 1. The Morgan fingerprint density at radius 3 is 2.42 bits per heavy atom. The molecular weight excluding hydrogens is 257 g/mol. The van der Waals surface area contributed by atoms with Crippen LogP contribution in [0.1, 0.15) is 15.9 Å². The van der Waals surface area contributed by atoms with Crippen LogP contribution in [0.4, 0.5) is 13.2 Å². The molecule has 98 valence electrons. The van der Waals surface area contributed by atoms with Crippen molar-refractivity contribution in [2.75, 3.05) is 0 Å². The van der Waals surface area contributed by atoms with Crippen LogP contribution in [0.2, 0.25) is 0 Å². The Morgan fingerprint density at radius 1 is 1.16 bits per heavy atom. The molecule has 1 aromatic carbocycles. The number of carbonyl (C=O) groups excluding carboxylic acids is 1. The number of primary amides is 1. The zero-order valence-corrected chi connectivity index (χ0v) is 9.61. The highest BCUT2D eigenvalue weighted by Crippen LogP contribution is 2.33. The van der Waals surface area contributed by atoms with Crippen LogP contribution in [0.25, 0.3) is 11.3 Å². The number of nitrogens with zero attached hydrogens (tertiary/aromatic N) is 1. The highest BCUT2D eigenvalue weighted by atomic mass is 19.4. The van der Waals surface area contributed by atoms with Gasteiger partial charge >= 0.3 is 6.18 Å². The van der Waals surface area contributed by atoms with E-state index in [2.05, 4.69) is 4.98 Å². The molecule has 0 aliphatic rings. The van der Waals surface area contributed by atoms with Crippen LogP contribution in [0.3, 0.4) is 0 Å². The minimum Gasteiger partial charge on any atom is -0.366 e. The van der Waals surface area contributed by atoms with E-state index in [1.165, 1.54) is 12.3 Å². The Kier molecular flexibility index (Phi) is 3.25. The Hall–Kier alpha value is -2.37. The first-order chi connectivity index (χ1) is 8.89. The lowest BCUT2D eigenvalue weighted by Crippen LogP contribution is -2.18. The highest BCUT2D eigenvalue weighted by molar-refractivity contribution is 5.95. The number of aromatic nitrogens is 1. The Bertz CT molecular complexity index is 609. The Labute approximate surface area is 106 Å². The van der Waals surface area contributed by atoms with Crippen molar-refractivity contribution in [3.8, 4) is 11.3 Å². The summed E-state index contributed by atoms with van der Waals surface area (Å²) in [4.78, 5) is 15.2. The molecule has 3 nitrogen and oxygen atoms in total. The number of rotatable bonds is 2. The molecule has 0 bridgehead atoms. The third kappa shape index (κ3) is 2.73. The number of halogens is 3. The minimum absolute atomic E-state index is 0.405. The number of pyridine rings is 1. The van der Waals surface area contributed by atoms with Crippen molar-refractivity contribution < 1.29 is 18.0 Å². The van der Waals surface area contributed by atoms with Gasteiger partial charge in [-0.25, -0.2) is 0 Å². The average Bonchev–Trinajstić information content (AvgIpc) is 2.38. The second-order valence-electron chi connectivity index (χ2n) is 3.84.